The molecule has 4 aromatic carbocycles. The second kappa shape index (κ2) is 15.8. The number of nitrogens with zero attached hydrogens (tertiary/aromatic N) is 3. The van der Waals surface area contributed by atoms with Gasteiger partial charge in [-0.15, -0.1) is 0 Å². The zero-order valence-corrected chi connectivity index (χ0v) is 27.8. The summed E-state index contributed by atoms with van der Waals surface area (Å²) < 4.78 is 0. The predicted molar refractivity (Wildman–Crippen MR) is 191 cm³/mol. The van der Waals surface area contributed by atoms with E-state index in [1.54, 1.807) is 18.2 Å². The molecule has 0 fully saturated rings. The van der Waals surface area contributed by atoms with Gasteiger partial charge in [-0.05, 0) is 100.0 Å². The van der Waals surface area contributed by atoms with Crippen molar-refractivity contribution < 1.29 is 14.4 Å². The lowest BCUT2D eigenvalue weighted by Gasteiger charge is -2.21. The lowest BCUT2D eigenvalue weighted by Crippen LogP contribution is -2.22. The van der Waals surface area contributed by atoms with Gasteiger partial charge in [-0.25, -0.2) is 0 Å². The summed E-state index contributed by atoms with van der Waals surface area (Å²) in [6.07, 6.45) is 0.137. The van der Waals surface area contributed by atoms with Gasteiger partial charge in [0.15, 0.2) is 5.78 Å². The average molecular weight is 620 g/mol. The Bertz CT molecular complexity index is 1590. The lowest BCUT2D eigenvalue weighted by molar-refractivity contribution is 0.0993. The molecule has 0 aliphatic rings. The molecule has 2 amide bonds. The van der Waals surface area contributed by atoms with Gasteiger partial charge in [0.25, 0.3) is 11.8 Å². The lowest BCUT2D eigenvalue weighted by atomic mass is 9.97. The van der Waals surface area contributed by atoms with Crippen LogP contribution in [-0.2, 0) is 6.42 Å². The summed E-state index contributed by atoms with van der Waals surface area (Å²) in [6.45, 7) is 11.8. The van der Waals surface area contributed by atoms with Gasteiger partial charge in [0, 0.05) is 91.8 Å². The van der Waals surface area contributed by atoms with Crippen LogP contribution in [0.25, 0.3) is 0 Å². The largest absolute Gasteiger partial charge is 0.378 e. The van der Waals surface area contributed by atoms with E-state index in [4.69, 9.17) is 0 Å². The number of carbonyl (C=O) groups excluding carboxylic acids is 3. The van der Waals surface area contributed by atoms with E-state index in [1.165, 1.54) is 6.07 Å². The zero-order chi connectivity index (χ0) is 33.2. The number of hydrogen-bond acceptors (Lipinski definition) is 6. The van der Waals surface area contributed by atoms with Crippen molar-refractivity contribution in [3.8, 4) is 0 Å². The number of benzene rings is 4. The summed E-state index contributed by atoms with van der Waals surface area (Å²) in [6, 6.07) is 27.8. The van der Waals surface area contributed by atoms with Gasteiger partial charge >= 0.3 is 0 Å². The van der Waals surface area contributed by atoms with Crippen LogP contribution >= 0.6 is 0 Å². The molecule has 4 rings (SSSR count). The fourth-order valence-electron chi connectivity index (χ4n) is 5.43. The smallest absolute Gasteiger partial charge is 0.255 e. The van der Waals surface area contributed by atoms with Gasteiger partial charge in [-0.3, -0.25) is 14.4 Å². The van der Waals surface area contributed by atoms with Gasteiger partial charge in [0.1, 0.15) is 0 Å². The zero-order valence-electron chi connectivity index (χ0n) is 27.8. The van der Waals surface area contributed by atoms with Crippen LogP contribution in [0, 0.1) is 0 Å². The fraction of sp³-hybridized carbons (Fsp3) is 0.289. The number of carbonyl (C=O) groups is 3. The summed E-state index contributed by atoms with van der Waals surface area (Å²) in [7, 11) is 3.85. The third-order valence-electron chi connectivity index (χ3n) is 8.04. The van der Waals surface area contributed by atoms with Crippen LogP contribution in [0.4, 0.5) is 28.4 Å². The summed E-state index contributed by atoms with van der Waals surface area (Å²) in [5, 5.41) is 5.90. The Morgan fingerprint density at radius 3 is 1.48 bits per heavy atom. The standard InChI is InChI=1S/C38H45N5O3/c1-7-42(8-2)34-18-11-14-27(20-34)21-36(44)28-22-29(37(45)39-31-15-12-17-33(25-31)41(5)6)24-30(23-28)38(46)40-32-16-13-19-35(26-32)43(9-3)10-4/h11-20,22-26H,7-10,21H2,1-6H3,(H,39,45)(H,40,46). The van der Waals surface area contributed by atoms with Crippen molar-refractivity contribution in [1.82, 2.24) is 0 Å². The Kier molecular flexibility index (Phi) is 11.6. The topological polar surface area (TPSA) is 85.0 Å². The maximum absolute atomic E-state index is 13.7. The maximum atomic E-state index is 13.7. The van der Waals surface area contributed by atoms with E-state index in [0.29, 0.717) is 16.9 Å². The van der Waals surface area contributed by atoms with Gasteiger partial charge in [-0.2, -0.15) is 0 Å². The molecule has 8 nitrogen and oxygen atoms in total. The third kappa shape index (κ3) is 8.53. The van der Waals surface area contributed by atoms with E-state index in [9.17, 15) is 14.4 Å². The van der Waals surface area contributed by atoms with Crippen molar-refractivity contribution >= 4 is 46.0 Å². The minimum absolute atomic E-state index is 0.137. The highest BCUT2D eigenvalue weighted by Crippen LogP contribution is 2.23. The quantitative estimate of drug-likeness (QED) is 0.143. The van der Waals surface area contributed by atoms with Crippen molar-refractivity contribution in [3.05, 3.63) is 113 Å². The van der Waals surface area contributed by atoms with Crippen LogP contribution in [0.15, 0.2) is 91.0 Å². The first-order chi connectivity index (χ1) is 22.1. The molecule has 0 aliphatic heterocycles. The Labute approximate surface area is 273 Å². The monoisotopic (exact) mass is 619 g/mol. The molecule has 0 bridgehead atoms. The molecule has 0 heterocycles. The Hall–Kier alpha value is -5.11. The third-order valence-corrected chi connectivity index (χ3v) is 8.04. The molecular weight excluding hydrogens is 574 g/mol. The predicted octanol–water partition coefficient (Wildman–Crippen LogP) is 7.38. The van der Waals surface area contributed by atoms with Crippen molar-refractivity contribution in [2.45, 2.75) is 34.1 Å². The van der Waals surface area contributed by atoms with Crippen LogP contribution in [0.2, 0.25) is 0 Å². The molecule has 240 valence electrons. The first kappa shape index (κ1) is 33.8. The molecule has 2 N–H and O–H groups in total. The number of amides is 2. The molecule has 46 heavy (non-hydrogen) atoms. The number of hydrogen-bond donors (Lipinski definition) is 2. The van der Waals surface area contributed by atoms with Gasteiger partial charge < -0.3 is 25.3 Å². The first-order valence-electron chi connectivity index (χ1n) is 15.9. The fourth-order valence-corrected chi connectivity index (χ4v) is 5.43. The van der Waals surface area contributed by atoms with Crippen LogP contribution in [0.1, 0.15) is 64.3 Å². The molecule has 0 aliphatic carbocycles. The molecule has 0 atom stereocenters. The van der Waals surface area contributed by atoms with Crippen LogP contribution in [0.3, 0.4) is 0 Å². The molecule has 0 spiro atoms. The second-order valence-corrected chi connectivity index (χ2v) is 11.3. The van der Waals surface area contributed by atoms with E-state index < -0.39 is 11.8 Å². The molecule has 0 radical (unpaired) electrons. The van der Waals surface area contributed by atoms with E-state index in [2.05, 4.69) is 48.1 Å². The number of Topliss-reactive ketones (excluding diaryl/α,β-unsaturated/α-hetero) is 1. The molecule has 0 unspecified atom stereocenters. The molecule has 0 aromatic heterocycles. The van der Waals surface area contributed by atoms with Crippen molar-refractivity contribution in [2.24, 2.45) is 0 Å². The Morgan fingerprint density at radius 2 is 0.978 bits per heavy atom. The van der Waals surface area contributed by atoms with E-state index in [-0.39, 0.29) is 23.3 Å². The highest BCUT2D eigenvalue weighted by Gasteiger charge is 2.18. The van der Waals surface area contributed by atoms with Crippen molar-refractivity contribution in [3.63, 3.8) is 0 Å². The summed E-state index contributed by atoms with van der Waals surface area (Å²) >= 11 is 0. The van der Waals surface area contributed by atoms with E-state index in [1.807, 2.05) is 85.7 Å². The average Bonchev–Trinajstić information content (AvgIpc) is 3.06. The van der Waals surface area contributed by atoms with Gasteiger partial charge in [0.2, 0.25) is 0 Å². The second-order valence-electron chi connectivity index (χ2n) is 11.3. The van der Waals surface area contributed by atoms with Gasteiger partial charge in [-0.1, -0.05) is 24.3 Å². The van der Waals surface area contributed by atoms with E-state index >= 15 is 0 Å². The minimum Gasteiger partial charge on any atom is -0.378 e. The molecule has 0 saturated carbocycles. The summed E-state index contributed by atoms with van der Waals surface area (Å²) in [4.78, 5) is 47.3. The number of rotatable bonds is 14. The molecule has 8 heteroatoms. The summed E-state index contributed by atoms with van der Waals surface area (Å²) in [5.41, 5.74) is 5.83. The van der Waals surface area contributed by atoms with Gasteiger partial charge in [0.05, 0.1) is 0 Å². The Balaban J connectivity index is 1.67. The van der Waals surface area contributed by atoms with Crippen LogP contribution in [0.5, 0.6) is 0 Å². The van der Waals surface area contributed by atoms with Crippen LogP contribution in [-0.4, -0.2) is 57.9 Å². The first-order valence-corrected chi connectivity index (χ1v) is 15.9. The molecular formula is C38H45N5O3. The minimum atomic E-state index is -0.410. The molecule has 4 aromatic rings. The Morgan fingerprint density at radius 1 is 0.543 bits per heavy atom. The van der Waals surface area contributed by atoms with Crippen LogP contribution < -0.4 is 25.3 Å². The molecule has 0 saturated heterocycles. The number of nitrogens with one attached hydrogen (secondary N) is 2. The number of ketones is 1. The normalized spacial score (nSPS) is 10.7. The van der Waals surface area contributed by atoms with Crippen molar-refractivity contribution in [2.75, 3.05) is 65.6 Å². The summed E-state index contributed by atoms with van der Waals surface area (Å²) in [5.74, 6) is -0.997. The highest BCUT2D eigenvalue weighted by atomic mass is 16.2. The van der Waals surface area contributed by atoms with Crippen molar-refractivity contribution in [1.29, 1.82) is 0 Å². The SMILES string of the molecule is CCN(CC)c1cccc(CC(=O)c2cc(C(=O)Nc3cccc(N(C)C)c3)cc(C(=O)Nc3cccc(N(CC)CC)c3)c2)c1. The maximum Gasteiger partial charge on any atom is 0.255 e. The highest BCUT2D eigenvalue weighted by molar-refractivity contribution is 6.11. The number of anilines is 5. The van der Waals surface area contributed by atoms with E-state index in [0.717, 1.165) is 48.8 Å².